The Morgan fingerprint density at radius 1 is 1.62 bits per heavy atom. The molecule has 1 heterocycles. The van der Waals surface area contributed by atoms with E-state index in [4.69, 9.17) is 27.9 Å². The van der Waals surface area contributed by atoms with Gasteiger partial charge in [0.25, 0.3) is 5.56 Å². The van der Waals surface area contributed by atoms with Crippen molar-refractivity contribution in [2.45, 2.75) is 13.7 Å². The number of hydrogen-bond donors (Lipinski definition) is 0. The molecule has 72 valence electrons. The maximum atomic E-state index is 11.3. The van der Waals surface area contributed by atoms with E-state index in [0.717, 1.165) is 0 Å². The van der Waals surface area contributed by atoms with Crippen LogP contribution >= 0.6 is 23.2 Å². The molecule has 1 aromatic heterocycles. The molecular weight excluding hydrogens is 215 g/mol. The molecule has 0 aliphatic carbocycles. The van der Waals surface area contributed by atoms with Crippen LogP contribution in [0.4, 0.5) is 0 Å². The van der Waals surface area contributed by atoms with Gasteiger partial charge in [0, 0.05) is 6.61 Å². The van der Waals surface area contributed by atoms with E-state index in [1.807, 2.05) is 6.92 Å². The molecule has 13 heavy (non-hydrogen) atoms. The summed E-state index contributed by atoms with van der Waals surface area (Å²) in [7, 11) is 0. The van der Waals surface area contributed by atoms with E-state index in [0.29, 0.717) is 6.61 Å². The summed E-state index contributed by atoms with van der Waals surface area (Å²) in [5.41, 5.74) is -0.393. The van der Waals surface area contributed by atoms with Gasteiger partial charge < -0.3 is 4.74 Å². The van der Waals surface area contributed by atoms with Crippen LogP contribution in [0.1, 0.15) is 6.92 Å². The van der Waals surface area contributed by atoms with Gasteiger partial charge in [0.2, 0.25) is 0 Å². The largest absolute Gasteiger partial charge is 0.361 e. The van der Waals surface area contributed by atoms with E-state index >= 15 is 0 Å². The summed E-state index contributed by atoms with van der Waals surface area (Å²) in [5.74, 6) is 0. The minimum absolute atomic E-state index is 0.0133. The maximum absolute atomic E-state index is 11.3. The van der Waals surface area contributed by atoms with Crippen molar-refractivity contribution in [2.75, 3.05) is 6.61 Å². The van der Waals surface area contributed by atoms with Crippen molar-refractivity contribution in [1.29, 1.82) is 0 Å². The van der Waals surface area contributed by atoms with Crippen LogP contribution in [0.25, 0.3) is 0 Å². The van der Waals surface area contributed by atoms with Crippen molar-refractivity contribution >= 4 is 23.2 Å². The first-order valence-electron chi connectivity index (χ1n) is 3.65. The molecule has 0 spiro atoms. The lowest BCUT2D eigenvalue weighted by atomic mass is 10.6. The van der Waals surface area contributed by atoms with Crippen molar-refractivity contribution < 1.29 is 4.74 Å². The van der Waals surface area contributed by atoms with E-state index < -0.39 is 5.56 Å². The molecule has 0 amide bonds. The number of nitrogens with zero attached hydrogens (tertiary/aromatic N) is 2. The fourth-order valence-electron chi connectivity index (χ4n) is 0.725. The van der Waals surface area contributed by atoms with Crippen LogP contribution in [-0.4, -0.2) is 16.2 Å². The molecule has 0 fully saturated rings. The number of ether oxygens (including phenoxy) is 1. The van der Waals surface area contributed by atoms with Gasteiger partial charge in [-0.1, -0.05) is 23.2 Å². The summed E-state index contributed by atoms with van der Waals surface area (Å²) in [5, 5.41) is -0.0664. The van der Waals surface area contributed by atoms with Crippen molar-refractivity contribution in [2.24, 2.45) is 0 Å². The highest BCUT2D eigenvalue weighted by atomic mass is 35.5. The molecule has 1 aromatic rings. The summed E-state index contributed by atoms with van der Waals surface area (Å²) in [4.78, 5) is 15.0. The zero-order valence-corrected chi connectivity index (χ0v) is 8.47. The molecule has 0 saturated heterocycles. The van der Waals surface area contributed by atoms with Crippen LogP contribution in [0, 0.1) is 0 Å². The lowest BCUT2D eigenvalue weighted by molar-refractivity contribution is 0.0846. The monoisotopic (exact) mass is 222 g/mol. The van der Waals surface area contributed by atoms with Crippen LogP contribution in [0.3, 0.4) is 0 Å². The van der Waals surface area contributed by atoms with Crippen molar-refractivity contribution in [3.05, 3.63) is 26.9 Å². The van der Waals surface area contributed by atoms with Crippen LogP contribution in [0.2, 0.25) is 10.2 Å². The minimum Gasteiger partial charge on any atom is -0.361 e. The Balaban J connectivity index is 2.97. The molecule has 1 rings (SSSR count). The van der Waals surface area contributed by atoms with Crippen molar-refractivity contribution in [1.82, 2.24) is 9.55 Å². The molecule has 0 N–H and O–H groups in total. The first kappa shape index (κ1) is 10.5. The first-order chi connectivity index (χ1) is 6.16. The van der Waals surface area contributed by atoms with Gasteiger partial charge in [-0.05, 0) is 6.92 Å². The summed E-state index contributed by atoms with van der Waals surface area (Å²) in [6.45, 7) is 2.49. The van der Waals surface area contributed by atoms with Crippen LogP contribution in [0.5, 0.6) is 0 Å². The Morgan fingerprint density at radius 3 is 2.92 bits per heavy atom. The molecule has 0 radical (unpaired) electrons. The average Bonchev–Trinajstić information content (AvgIpc) is 2.13. The highest BCUT2D eigenvalue weighted by molar-refractivity contribution is 6.40. The molecule has 0 aliphatic heterocycles. The van der Waals surface area contributed by atoms with Crippen molar-refractivity contribution in [3.8, 4) is 0 Å². The Bertz CT molecular complexity index is 351. The second-order valence-electron chi connectivity index (χ2n) is 2.25. The average molecular weight is 223 g/mol. The fourth-order valence-corrected chi connectivity index (χ4v) is 1.01. The number of aromatic nitrogens is 2. The van der Waals surface area contributed by atoms with E-state index in [2.05, 4.69) is 4.98 Å². The fraction of sp³-hybridized carbons (Fsp3) is 0.429. The minimum atomic E-state index is -0.393. The predicted octanol–water partition coefficient (Wildman–Crippen LogP) is 1.54. The molecule has 6 heteroatoms. The van der Waals surface area contributed by atoms with Crippen LogP contribution in [0.15, 0.2) is 11.1 Å². The Morgan fingerprint density at radius 2 is 2.31 bits per heavy atom. The normalized spacial score (nSPS) is 10.4. The number of hydrogen-bond acceptors (Lipinski definition) is 3. The summed E-state index contributed by atoms with van der Waals surface area (Å²) in [6, 6.07) is 0. The summed E-state index contributed by atoms with van der Waals surface area (Å²) in [6.07, 6.45) is 1.30. The Kier molecular flexibility index (Phi) is 3.71. The molecule has 0 unspecified atom stereocenters. The second-order valence-corrected chi connectivity index (χ2v) is 2.98. The third-order valence-corrected chi connectivity index (χ3v) is 2.10. The zero-order chi connectivity index (χ0) is 9.84. The predicted molar refractivity (Wildman–Crippen MR) is 50.1 cm³/mol. The smallest absolute Gasteiger partial charge is 0.275 e. The van der Waals surface area contributed by atoms with Gasteiger partial charge in [-0.25, -0.2) is 4.98 Å². The van der Waals surface area contributed by atoms with Gasteiger partial charge in [0.15, 0.2) is 5.15 Å². The molecule has 0 bridgehead atoms. The first-order valence-corrected chi connectivity index (χ1v) is 4.40. The molecule has 0 aromatic carbocycles. The van der Waals surface area contributed by atoms with E-state index in [9.17, 15) is 4.79 Å². The molecule has 4 nitrogen and oxygen atoms in total. The highest BCUT2D eigenvalue weighted by Gasteiger charge is 2.06. The molecule has 0 saturated carbocycles. The van der Waals surface area contributed by atoms with Gasteiger partial charge >= 0.3 is 0 Å². The van der Waals surface area contributed by atoms with Gasteiger partial charge in [-0.2, -0.15) is 0 Å². The third kappa shape index (κ3) is 2.43. The summed E-state index contributed by atoms with van der Waals surface area (Å²) >= 11 is 11.1. The Hall–Kier alpha value is -0.580. The molecular formula is C7H8Cl2N2O2. The van der Waals surface area contributed by atoms with E-state index in [1.54, 1.807) is 0 Å². The quantitative estimate of drug-likeness (QED) is 0.730. The molecule has 0 atom stereocenters. The third-order valence-electron chi connectivity index (χ3n) is 1.37. The van der Waals surface area contributed by atoms with Crippen LogP contribution < -0.4 is 5.56 Å². The van der Waals surface area contributed by atoms with Gasteiger partial charge in [-0.15, -0.1) is 0 Å². The van der Waals surface area contributed by atoms with E-state index in [1.165, 1.54) is 10.9 Å². The zero-order valence-electron chi connectivity index (χ0n) is 6.96. The maximum Gasteiger partial charge on any atom is 0.275 e. The van der Waals surface area contributed by atoms with E-state index in [-0.39, 0.29) is 16.9 Å². The number of halogens is 2. The van der Waals surface area contributed by atoms with Gasteiger partial charge in [-0.3, -0.25) is 9.36 Å². The lowest BCUT2D eigenvalue weighted by Crippen LogP contribution is -2.22. The number of rotatable bonds is 3. The van der Waals surface area contributed by atoms with Crippen molar-refractivity contribution in [3.63, 3.8) is 0 Å². The van der Waals surface area contributed by atoms with Crippen LogP contribution in [-0.2, 0) is 11.5 Å². The Labute approximate surface area is 85.1 Å². The lowest BCUT2D eigenvalue weighted by Gasteiger charge is -2.04. The highest BCUT2D eigenvalue weighted by Crippen LogP contribution is 2.12. The molecule has 0 aliphatic rings. The topological polar surface area (TPSA) is 44.1 Å². The van der Waals surface area contributed by atoms with Gasteiger partial charge in [0.05, 0.1) is 0 Å². The summed E-state index contributed by atoms with van der Waals surface area (Å²) < 4.78 is 6.26. The second kappa shape index (κ2) is 4.60. The van der Waals surface area contributed by atoms with Gasteiger partial charge in [0.1, 0.15) is 18.1 Å². The SMILES string of the molecule is CCOCn1cnc(Cl)c(Cl)c1=O. The standard InChI is InChI=1S/C7H8Cl2N2O2/c1-2-13-4-11-3-10-6(9)5(8)7(11)12/h3H,2,4H2,1H3.